The van der Waals surface area contributed by atoms with Crippen molar-refractivity contribution in [1.29, 1.82) is 0 Å². The van der Waals surface area contributed by atoms with Crippen LogP contribution in [0.1, 0.15) is 18.2 Å². The quantitative estimate of drug-likeness (QED) is 0.526. The monoisotopic (exact) mass is 216 g/mol. The lowest BCUT2D eigenvalue weighted by molar-refractivity contribution is -0.129. The summed E-state index contributed by atoms with van der Waals surface area (Å²) in [7, 11) is 7.35. The lowest BCUT2D eigenvalue weighted by atomic mass is 9.93. The first-order chi connectivity index (χ1) is 7.50. The van der Waals surface area contributed by atoms with Crippen LogP contribution in [0.3, 0.4) is 0 Å². The summed E-state index contributed by atoms with van der Waals surface area (Å²) in [6, 6.07) is 1.69. The van der Waals surface area contributed by atoms with Crippen molar-refractivity contribution in [1.82, 2.24) is 9.47 Å². The minimum atomic E-state index is -0.157. The smallest absolute Gasteiger partial charge is 0.243 e. The van der Waals surface area contributed by atoms with Crippen LogP contribution in [0.5, 0.6) is 0 Å². The van der Waals surface area contributed by atoms with E-state index in [0.717, 1.165) is 11.3 Å². The molecule has 1 aliphatic rings. The number of nitrogens with zero attached hydrogens (tertiary/aromatic N) is 2. The number of rotatable bonds is 0. The first-order valence-electron chi connectivity index (χ1n) is 5.23. The molecule has 0 saturated carbocycles. The zero-order valence-corrected chi connectivity index (χ0v) is 9.49. The summed E-state index contributed by atoms with van der Waals surface area (Å²) in [6.45, 7) is 2.76. The molecule has 0 fully saturated rings. The number of hydrogen-bond acceptors (Lipinski definition) is 2. The third-order valence-corrected chi connectivity index (χ3v) is 3.08. The Morgan fingerprint density at radius 1 is 1.50 bits per heavy atom. The van der Waals surface area contributed by atoms with Gasteiger partial charge in [-0.15, -0.1) is 0 Å². The van der Waals surface area contributed by atoms with Gasteiger partial charge in [0.15, 0.2) is 0 Å². The SMILES string of the molecule is [B]c1cc2c(n(C)c1=O)CCN(C(C)=O)C2. The molecule has 0 bridgehead atoms. The van der Waals surface area contributed by atoms with Gasteiger partial charge in [0.1, 0.15) is 7.85 Å². The molecule has 0 spiro atoms. The van der Waals surface area contributed by atoms with Crippen LogP contribution in [0.25, 0.3) is 0 Å². The molecule has 16 heavy (non-hydrogen) atoms. The Morgan fingerprint density at radius 2 is 2.19 bits per heavy atom. The lowest BCUT2D eigenvalue weighted by Gasteiger charge is -2.29. The topological polar surface area (TPSA) is 42.3 Å². The molecule has 1 amide bonds. The molecular formula is C11H13BN2O2. The Kier molecular flexibility index (Phi) is 2.62. The van der Waals surface area contributed by atoms with Gasteiger partial charge < -0.3 is 9.47 Å². The molecule has 5 heteroatoms. The zero-order valence-electron chi connectivity index (χ0n) is 9.49. The van der Waals surface area contributed by atoms with E-state index in [1.165, 1.54) is 0 Å². The van der Waals surface area contributed by atoms with Gasteiger partial charge in [-0.2, -0.15) is 0 Å². The van der Waals surface area contributed by atoms with E-state index in [1.54, 1.807) is 29.5 Å². The van der Waals surface area contributed by atoms with Crippen LogP contribution in [-0.2, 0) is 24.8 Å². The molecule has 0 unspecified atom stereocenters. The van der Waals surface area contributed by atoms with E-state index in [1.807, 2.05) is 0 Å². The average molecular weight is 216 g/mol. The second-order valence-electron chi connectivity index (χ2n) is 4.13. The predicted octanol–water partition coefficient (Wildman–Crippen LogP) is -0.916. The minimum absolute atomic E-state index is 0.0538. The standard InChI is InChI=1S/C11H13BN2O2/c1-7(15)14-4-3-10-8(6-14)5-9(12)11(16)13(10)2/h5H,3-4,6H2,1-2H3. The maximum Gasteiger partial charge on any atom is 0.243 e. The summed E-state index contributed by atoms with van der Waals surface area (Å²) in [5.41, 5.74) is 2.04. The molecule has 1 aromatic rings. The molecule has 0 atom stereocenters. The van der Waals surface area contributed by atoms with Gasteiger partial charge in [-0.3, -0.25) is 9.59 Å². The van der Waals surface area contributed by atoms with Crippen LogP contribution in [-0.4, -0.2) is 29.8 Å². The summed E-state index contributed by atoms with van der Waals surface area (Å²) in [5.74, 6) is 0.0538. The van der Waals surface area contributed by atoms with Crippen LogP contribution < -0.4 is 11.0 Å². The molecule has 82 valence electrons. The summed E-state index contributed by atoms with van der Waals surface area (Å²) < 4.78 is 1.59. The summed E-state index contributed by atoms with van der Waals surface area (Å²) in [6.07, 6.45) is 0.709. The Morgan fingerprint density at radius 3 is 2.81 bits per heavy atom. The van der Waals surface area contributed by atoms with Crippen molar-refractivity contribution in [3.63, 3.8) is 0 Å². The minimum Gasteiger partial charge on any atom is -0.338 e. The highest BCUT2D eigenvalue weighted by atomic mass is 16.2. The first kappa shape index (κ1) is 11.0. The van der Waals surface area contributed by atoms with Gasteiger partial charge in [0.2, 0.25) is 11.5 Å². The van der Waals surface area contributed by atoms with Crippen LogP contribution in [0.4, 0.5) is 0 Å². The van der Waals surface area contributed by atoms with Gasteiger partial charge in [-0.25, -0.2) is 0 Å². The molecule has 1 aliphatic heterocycles. The summed E-state index contributed by atoms with van der Waals surface area (Å²) >= 11 is 0. The summed E-state index contributed by atoms with van der Waals surface area (Å²) in [4.78, 5) is 24.6. The highest BCUT2D eigenvalue weighted by Crippen LogP contribution is 2.15. The van der Waals surface area contributed by atoms with Crippen molar-refractivity contribution >= 4 is 19.2 Å². The van der Waals surface area contributed by atoms with Crippen molar-refractivity contribution < 1.29 is 4.79 Å². The van der Waals surface area contributed by atoms with Crippen molar-refractivity contribution in [2.45, 2.75) is 19.9 Å². The van der Waals surface area contributed by atoms with Gasteiger partial charge >= 0.3 is 0 Å². The number of hydrogen-bond donors (Lipinski definition) is 0. The van der Waals surface area contributed by atoms with Gasteiger partial charge in [0.25, 0.3) is 0 Å². The molecule has 2 radical (unpaired) electrons. The predicted molar refractivity (Wildman–Crippen MR) is 61.9 cm³/mol. The number of fused-ring (bicyclic) bond motifs is 1. The van der Waals surface area contributed by atoms with Gasteiger partial charge in [0, 0.05) is 39.2 Å². The highest BCUT2D eigenvalue weighted by molar-refractivity contribution is 6.32. The van der Waals surface area contributed by atoms with E-state index in [9.17, 15) is 9.59 Å². The molecule has 4 nitrogen and oxygen atoms in total. The van der Waals surface area contributed by atoms with E-state index in [2.05, 4.69) is 0 Å². The van der Waals surface area contributed by atoms with E-state index >= 15 is 0 Å². The van der Waals surface area contributed by atoms with E-state index in [4.69, 9.17) is 7.85 Å². The Hall–Kier alpha value is -1.52. The Labute approximate surface area is 95.3 Å². The maximum absolute atomic E-state index is 11.6. The summed E-state index contributed by atoms with van der Waals surface area (Å²) in [5, 5.41) is 0. The Balaban J connectivity index is 2.48. The number of carbonyl (C=O) groups is 1. The van der Waals surface area contributed by atoms with E-state index in [-0.39, 0.29) is 16.9 Å². The fraction of sp³-hybridized carbons (Fsp3) is 0.455. The van der Waals surface area contributed by atoms with Crippen molar-refractivity contribution in [3.8, 4) is 0 Å². The molecule has 0 aliphatic carbocycles. The van der Waals surface area contributed by atoms with Crippen molar-refractivity contribution in [2.75, 3.05) is 6.54 Å². The molecule has 2 heterocycles. The maximum atomic E-state index is 11.6. The average Bonchev–Trinajstić information content (AvgIpc) is 2.25. The number of aromatic nitrogens is 1. The van der Waals surface area contributed by atoms with Crippen LogP contribution in [0, 0.1) is 0 Å². The number of carbonyl (C=O) groups excluding carboxylic acids is 1. The second kappa shape index (κ2) is 3.81. The third-order valence-electron chi connectivity index (χ3n) is 3.08. The molecule has 0 aromatic carbocycles. The molecule has 2 rings (SSSR count). The first-order valence-corrected chi connectivity index (χ1v) is 5.23. The number of amides is 1. The highest BCUT2D eigenvalue weighted by Gasteiger charge is 2.20. The lowest BCUT2D eigenvalue weighted by Crippen LogP contribution is -2.42. The molecule has 1 aromatic heterocycles. The van der Waals surface area contributed by atoms with Gasteiger partial charge in [0.05, 0.1) is 0 Å². The van der Waals surface area contributed by atoms with Crippen molar-refractivity contribution in [2.24, 2.45) is 7.05 Å². The normalized spacial score (nSPS) is 14.8. The molecular weight excluding hydrogens is 203 g/mol. The van der Waals surface area contributed by atoms with E-state index < -0.39 is 0 Å². The van der Waals surface area contributed by atoms with Crippen LogP contribution in [0.2, 0.25) is 0 Å². The van der Waals surface area contributed by atoms with Gasteiger partial charge in [-0.1, -0.05) is 6.07 Å². The van der Waals surface area contributed by atoms with Crippen LogP contribution in [0.15, 0.2) is 10.9 Å². The Bertz CT molecular complexity index is 507. The fourth-order valence-electron chi connectivity index (χ4n) is 2.12. The molecule has 0 N–H and O–H groups in total. The number of pyridine rings is 1. The van der Waals surface area contributed by atoms with Crippen LogP contribution >= 0.6 is 0 Å². The van der Waals surface area contributed by atoms with E-state index in [0.29, 0.717) is 19.5 Å². The largest absolute Gasteiger partial charge is 0.338 e. The third kappa shape index (κ3) is 1.66. The second-order valence-corrected chi connectivity index (χ2v) is 4.13. The molecule has 0 saturated heterocycles. The van der Waals surface area contributed by atoms with Crippen molar-refractivity contribution in [3.05, 3.63) is 27.7 Å². The fourth-order valence-corrected chi connectivity index (χ4v) is 2.12. The zero-order chi connectivity index (χ0) is 11.9. The van der Waals surface area contributed by atoms with Gasteiger partial charge in [-0.05, 0) is 11.0 Å².